The Morgan fingerprint density at radius 3 is 2.42 bits per heavy atom. The first-order valence-corrected chi connectivity index (χ1v) is 6.79. The van der Waals surface area contributed by atoms with Crippen LogP contribution in [0.15, 0.2) is 24.3 Å². The van der Waals surface area contributed by atoms with Crippen LogP contribution in [0.3, 0.4) is 0 Å². The summed E-state index contributed by atoms with van der Waals surface area (Å²) in [4.78, 5) is 0. The van der Waals surface area contributed by atoms with Crippen molar-refractivity contribution in [1.82, 2.24) is 5.32 Å². The van der Waals surface area contributed by atoms with Gasteiger partial charge in [-0.2, -0.15) is 13.2 Å². The monoisotopic (exact) mass is 273 g/mol. The van der Waals surface area contributed by atoms with Crippen molar-refractivity contribution in [2.24, 2.45) is 5.92 Å². The topological polar surface area (TPSA) is 12.0 Å². The minimum Gasteiger partial charge on any atom is -0.310 e. The first-order chi connectivity index (χ1) is 8.88. The highest BCUT2D eigenvalue weighted by Crippen LogP contribution is 2.32. The number of rotatable bonds is 6. The SMILES string of the molecule is CCNC(CC(C)CC)c1cccc(C(F)(F)F)c1. The molecule has 0 heterocycles. The molecule has 1 rings (SSSR count). The van der Waals surface area contributed by atoms with Crippen LogP contribution in [0, 0.1) is 5.92 Å². The molecule has 0 saturated heterocycles. The van der Waals surface area contributed by atoms with Gasteiger partial charge in [0.05, 0.1) is 5.56 Å². The Morgan fingerprint density at radius 1 is 1.21 bits per heavy atom. The molecule has 0 aliphatic rings. The average Bonchev–Trinajstić information content (AvgIpc) is 2.37. The zero-order valence-corrected chi connectivity index (χ0v) is 11.7. The maximum atomic E-state index is 12.7. The van der Waals surface area contributed by atoms with Crippen molar-refractivity contribution in [2.75, 3.05) is 6.54 Å². The van der Waals surface area contributed by atoms with Crippen molar-refractivity contribution in [2.45, 2.75) is 45.8 Å². The molecule has 1 N–H and O–H groups in total. The van der Waals surface area contributed by atoms with Gasteiger partial charge in [-0.05, 0) is 36.6 Å². The summed E-state index contributed by atoms with van der Waals surface area (Å²) in [6.45, 7) is 6.94. The van der Waals surface area contributed by atoms with Crippen LogP contribution >= 0.6 is 0 Å². The summed E-state index contributed by atoms with van der Waals surface area (Å²) in [5.41, 5.74) is 0.147. The van der Waals surface area contributed by atoms with E-state index in [0.29, 0.717) is 5.92 Å². The number of alkyl halides is 3. The number of benzene rings is 1. The molecule has 19 heavy (non-hydrogen) atoms. The van der Waals surface area contributed by atoms with E-state index in [-0.39, 0.29) is 6.04 Å². The predicted octanol–water partition coefficient (Wildman–Crippen LogP) is 4.79. The highest BCUT2D eigenvalue weighted by atomic mass is 19.4. The molecule has 0 spiro atoms. The second kappa shape index (κ2) is 6.94. The van der Waals surface area contributed by atoms with Gasteiger partial charge in [0.25, 0.3) is 0 Å². The predicted molar refractivity (Wildman–Crippen MR) is 71.9 cm³/mol. The first-order valence-electron chi connectivity index (χ1n) is 6.79. The molecule has 0 bridgehead atoms. The molecule has 2 atom stereocenters. The lowest BCUT2D eigenvalue weighted by molar-refractivity contribution is -0.137. The molecule has 0 saturated carbocycles. The number of nitrogens with one attached hydrogen (secondary N) is 1. The third-order valence-electron chi connectivity index (χ3n) is 3.40. The zero-order chi connectivity index (χ0) is 14.5. The van der Waals surface area contributed by atoms with E-state index in [1.54, 1.807) is 6.07 Å². The third kappa shape index (κ3) is 4.86. The number of hydrogen-bond donors (Lipinski definition) is 1. The summed E-state index contributed by atoms with van der Waals surface area (Å²) in [5.74, 6) is 0.485. The van der Waals surface area contributed by atoms with Crippen LogP contribution in [0.4, 0.5) is 13.2 Å². The van der Waals surface area contributed by atoms with Crippen LogP contribution in [0.1, 0.15) is 50.8 Å². The fourth-order valence-electron chi connectivity index (χ4n) is 2.08. The van der Waals surface area contributed by atoms with Gasteiger partial charge in [-0.25, -0.2) is 0 Å². The van der Waals surface area contributed by atoms with E-state index in [0.717, 1.165) is 31.0 Å². The van der Waals surface area contributed by atoms with Crippen molar-refractivity contribution in [1.29, 1.82) is 0 Å². The third-order valence-corrected chi connectivity index (χ3v) is 3.40. The summed E-state index contributed by atoms with van der Waals surface area (Å²) in [6.07, 6.45) is -2.39. The summed E-state index contributed by atoms with van der Waals surface area (Å²) in [6, 6.07) is 5.62. The molecule has 4 heteroatoms. The molecule has 108 valence electrons. The molecule has 0 aliphatic heterocycles. The quantitative estimate of drug-likeness (QED) is 0.785. The summed E-state index contributed by atoms with van der Waals surface area (Å²) in [5, 5.41) is 3.28. The van der Waals surface area contributed by atoms with E-state index in [9.17, 15) is 13.2 Å². The Bertz CT molecular complexity index is 387. The van der Waals surface area contributed by atoms with Gasteiger partial charge in [-0.15, -0.1) is 0 Å². The van der Waals surface area contributed by atoms with Gasteiger partial charge >= 0.3 is 6.18 Å². The summed E-state index contributed by atoms with van der Waals surface area (Å²) < 4.78 is 38.2. The molecule has 0 amide bonds. The minimum absolute atomic E-state index is 0.0118. The smallest absolute Gasteiger partial charge is 0.310 e. The Kier molecular flexibility index (Phi) is 5.85. The molecule has 0 aromatic heterocycles. The van der Waals surface area contributed by atoms with Crippen molar-refractivity contribution < 1.29 is 13.2 Å². The maximum Gasteiger partial charge on any atom is 0.416 e. The molecule has 2 unspecified atom stereocenters. The Labute approximate surface area is 113 Å². The van der Waals surface area contributed by atoms with Crippen molar-refractivity contribution in [3.8, 4) is 0 Å². The average molecular weight is 273 g/mol. The lowest BCUT2D eigenvalue weighted by Crippen LogP contribution is -2.23. The minimum atomic E-state index is -4.27. The van der Waals surface area contributed by atoms with E-state index in [4.69, 9.17) is 0 Å². The van der Waals surface area contributed by atoms with Gasteiger partial charge in [-0.1, -0.05) is 39.3 Å². The van der Waals surface area contributed by atoms with Gasteiger partial charge in [0.1, 0.15) is 0 Å². The van der Waals surface area contributed by atoms with E-state index in [1.165, 1.54) is 12.1 Å². The van der Waals surface area contributed by atoms with E-state index >= 15 is 0 Å². The Balaban J connectivity index is 2.96. The molecular formula is C15H22F3N. The van der Waals surface area contributed by atoms with Crippen LogP contribution in [0.5, 0.6) is 0 Å². The van der Waals surface area contributed by atoms with E-state index in [2.05, 4.69) is 19.2 Å². The number of hydrogen-bond acceptors (Lipinski definition) is 1. The fraction of sp³-hybridized carbons (Fsp3) is 0.600. The molecule has 0 fully saturated rings. The molecule has 1 nitrogen and oxygen atoms in total. The van der Waals surface area contributed by atoms with E-state index in [1.807, 2.05) is 6.92 Å². The van der Waals surface area contributed by atoms with Crippen molar-refractivity contribution >= 4 is 0 Å². The van der Waals surface area contributed by atoms with E-state index < -0.39 is 11.7 Å². The van der Waals surface area contributed by atoms with Gasteiger partial charge in [0, 0.05) is 6.04 Å². The van der Waals surface area contributed by atoms with Gasteiger partial charge < -0.3 is 5.32 Å². The highest BCUT2D eigenvalue weighted by Gasteiger charge is 2.31. The normalized spacial score (nSPS) is 15.3. The Hall–Kier alpha value is -1.03. The second-order valence-corrected chi connectivity index (χ2v) is 4.98. The molecular weight excluding hydrogens is 251 g/mol. The van der Waals surface area contributed by atoms with Crippen LogP contribution < -0.4 is 5.32 Å². The Morgan fingerprint density at radius 2 is 1.89 bits per heavy atom. The largest absolute Gasteiger partial charge is 0.416 e. The fourth-order valence-corrected chi connectivity index (χ4v) is 2.08. The molecule has 0 aliphatic carbocycles. The summed E-state index contributed by atoms with van der Waals surface area (Å²) in [7, 11) is 0. The van der Waals surface area contributed by atoms with Crippen LogP contribution in [0.2, 0.25) is 0 Å². The number of halogens is 3. The van der Waals surface area contributed by atoms with Crippen LogP contribution in [-0.4, -0.2) is 6.54 Å². The lowest BCUT2D eigenvalue weighted by atomic mass is 9.93. The van der Waals surface area contributed by atoms with Crippen molar-refractivity contribution in [3.05, 3.63) is 35.4 Å². The second-order valence-electron chi connectivity index (χ2n) is 4.98. The van der Waals surface area contributed by atoms with Gasteiger partial charge in [0.15, 0.2) is 0 Å². The van der Waals surface area contributed by atoms with Crippen LogP contribution in [0.25, 0.3) is 0 Å². The molecule has 1 aromatic carbocycles. The maximum absolute atomic E-state index is 12.7. The molecule has 1 aromatic rings. The first kappa shape index (κ1) is 16.0. The zero-order valence-electron chi connectivity index (χ0n) is 11.7. The van der Waals surface area contributed by atoms with Gasteiger partial charge in [0.2, 0.25) is 0 Å². The standard InChI is InChI=1S/C15H22F3N/c1-4-11(3)9-14(19-5-2)12-7-6-8-13(10-12)15(16,17)18/h6-8,10-11,14,19H,4-5,9H2,1-3H3. The van der Waals surface area contributed by atoms with Crippen molar-refractivity contribution in [3.63, 3.8) is 0 Å². The van der Waals surface area contributed by atoms with Crippen LogP contribution in [-0.2, 0) is 6.18 Å². The molecule has 0 radical (unpaired) electrons. The summed E-state index contributed by atoms with van der Waals surface area (Å²) >= 11 is 0. The highest BCUT2D eigenvalue weighted by molar-refractivity contribution is 5.28. The van der Waals surface area contributed by atoms with Gasteiger partial charge in [-0.3, -0.25) is 0 Å². The lowest BCUT2D eigenvalue weighted by Gasteiger charge is -2.22.